The lowest BCUT2D eigenvalue weighted by Crippen LogP contribution is -2.42. The lowest BCUT2D eigenvalue weighted by atomic mass is 10.1. The van der Waals surface area contributed by atoms with E-state index in [2.05, 4.69) is 10.9 Å². The molecule has 0 fully saturated rings. The SMILES string of the molecule is O=C(Cc1ccc(Cl)cc1)NNC(=O)c1cccc(Cl)c1. The normalized spacial score (nSPS) is 10.0. The second kappa shape index (κ2) is 7.11. The summed E-state index contributed by atoms with van der Waals surface area (Å²) in [6.07, 6.45) is 0.146. The molecule has 6 heteroatoms. The van der Waals surface area contributed by atoms with Crippen molar-refractivity contribution in [2.45, 2.75) is 6.42 Å². The van der Waals surface area contributed by atoms with Gasteiger partial charge in [0, 0.05) is 15.6 Å². The molecule has 21 heavy (non-hydrogen) atoms. The van der Waals surface area contributed by atoms with Gasteiger partial charge in [0.2, 0.25) is 5.91 Å². The molecule has 0 heterocycles. The first-order valence-electron chi connectivity index (χ1n) is 6.14. The van der Waals surface area contributed by atoms with E-state index in [4.69, 9.17) is 23.2 Å². The van der Waals surface area contributed by atoms with Gasteiger partial charge in [-0.1, -0.05) is 41.4 Å². The highest BCUT2D eigenvalue weighted by molar-refractivity contribution is 6.31. The lowest BCUT2D eigenvalue weighted by Gasteiger charge is -2.07. The van der Waals surface area contributed by atoms with Crippen LogP contribution in [0, 0.1) is 0 Å². The van der Waals surface area contributed by atoms with E-state index in [0.717, 1.165) is 5.56 Å². The average Bonchev–Trinajstić information content (AvgIpc) is 2.47. The van der Waals surface area contributed by atoms with Gasteiger partial charge >= 0.3 is 0 Å². The van der Waals surface area contributed by atoms with Gasteiger partial charge in [-0.2, -0.15) is 0 Å². The van der Waals surface area contributed by atoms with Crippen molar-refractivity contribution in [3.8, 4) is 0 Å². The number of benzene rings is 2. The average molecular weight is 323 g/mol. The van der Waals surface area contributed by atoms with E-state index in [9.17, 15) is 9.59 Å². The van der Waals surface area contributed by atoms with Crippen LogP contribution in [0.5, 0.6) is 0 Å². The zero-order valence-electron chi connectivity index (χ0n) is 10.9. The summed E-state index contributed by atoms with van der Waals surface area (Å²) in [5.41, 5.74) is 5.85. The molecule has 0 unspecified atom stereocenters. The molecule has 4 nitrogen and oxygen atoms in total. The van der Waals surface area contributed by atoms with Crippen LogP contribution in [0.4, 0.5) is 0 Å². The Morgan fingerprint density at radius 3 is 2.29 bits per heavy atom. The fraction of sp³-hybridized carbons (Fsp3) is 0.0667. The van der Waals surface area contributed by atoms with Crippen LogP contribution < -0.4 is 10.9 Å². The lowest BCUT2D eigenvalue weighted by molar-refractivity contribution is -0.121. The third kappa shape index (κ3) is 4.77. The molecule has 0 saturated heterocycles. The number of hydrogen-bond acceptors (Lipinski definition) is 2. The first-order chi connectivity index (χ1) is 10.0. The molecule has 0 spiro atoms. The molecule has 2 rings (SSSR count). The van der Waals surface area contributed by atoms with E-state index < -0.39 is 5.91 Å². The Labute approximate surface area is 132 Å². The molecular weight excluding hydrogens is 311 g/mol. The zero-order valence-corrected chi connectivity index (χ0v) is 12.4. The standard InChI is InChI=1S/C15H12Cl2N2O2/c16-12-6-4-10(5-7-12)8-14(20)18-19-15(21)11-2-1-3-13(17)9-11/h1-7,9H,8H2,(H,18,20)(H,19,21). The Balaban J connectivity index is 1.86. The molecule has 0 atom stereocenters. The minimum Gasteiger partial charge on any atom is -0.273 e. The van der Waals surface area contributed by atoms with Crippen molar-refractivity contribution >= 4 is 35.0 Å². The highest BCUT2D eigenvalue weighted by Gasteiger charge is 2.08. The first kappa shape index (κ1) is 15.4. The van der Waals surface area contributed by atoms with Crippen LogP contribution in [0.2, 0.25) is 10.0 Å². The van der Waals surface area contributed by atoms with Crippen LogP contribution >= 0.6 is 23.2 Å². The van der Waals surface area contributed by atoms with E-state index in [1.165, 1.54) is 6.07 Å². The molecule has 0 aromatic heterocycles. The minimum atomic E-state index is -0.429. The summed E-state index contributed by atoms with van der Waals surface area (Å²) in [6, 6.07) is 13.4. The van der Waals surface area contributed by atoms with Crippen LogP contribution in [-0.4, -0.2) is 11.8 Å². The molecule has 0 bridgehead atoms. The van der Waals surface area contributed by atoms with Crippen LogP contribution in [0.3, 0.4) is 0 Å². The van der Waals surface area contributed by atoms with Gasteiger partial charge in [-0.05, 0) is 35.9 Å². The van der Waals surface area contributed by atoms with E-state index >= 15 is 0 Å². The highest BCUT2D eigenvalue weighted by atomic mass is 35.5. The summed E-state index contributed by atoms with van der Waals surface area (Å²) in [4.78, 5) is 23.5. The zero-order chi connectivity index (χ0) is 15.2. The summed E-state index contributed by atoms with van der Waals surface area (Å²) in [5, 5.41) is 1.06. The van der Waals surface area contributed by atoms with Crippen molar-refractivity contribution in [1.29, 1.82) is 0 Å². The summed E-state index contributed by atoms with van der Waals surface area (Å²) in [7, 11) is 0. The summed E-state index contributed by atoms with van der Waals surface area (Å²) < 4.78 is 0. The molecule has 108 valence electrons. The fourth-order valence-corrected chi connectivity index (χ4v) is 1.98. The predicted octanol–water partition coefficient (Wildman–Crippen LogP) is 3.00. The number of hydrazine groups is 1. The highest BCUT2D eigenvalue weighted by Crippen LogP contribution is 2.11. The van der Waals surface area contributed by atoms with E-state index in [0.29, 0.717) is 15.6 Å². The monoisotopic (exact) mass is 322 g/mol. The number of halogens is 2. The second-order valence-corrected chi connectivity index (χ2v) is 5.19. The molecule has 2 N–H and O–H groups in total. The van der Waals surface area contributed by atoms with Crippen molar-refractivity contribution in [1.82, 2.24) is 10.9 Å². The van der Waals surface area contributed by atoms with Gasteiger partial charge in [0.1, 0.15) is 0 Å². The fourth-order valence-electron chi connectivity index (χ4n) is 1.66. The van der Waals surface area contributed by atoms with E-state index in [1.54, 1.807) is 42.5 Å². The van der Waals surface area contributed by atoms with Gasteiger partial charge in [-0.3, -0.25) is 20.4 Å². The third-order valence-electron chi connectivity index (χ3n) is 2.68. The van der Waals surface area contributed by atoms with Crippen molar-refractivity contribution in [3.05, 3.63) is 69.7 Å². The molecule has 0 aliphatic rings. The van der Waals surface area contributed by atoms with E-state index in [-0.39, 0.29) is 12.3 Å². The number of carbonyl (C=O) groups excluding carboxylic acids is 2. The van der Waals surface area contributed by atoms with Gasteiger partial charge in [0.15, 0.2) is 0 Å². The molecule has 0 aliphatic heterocycles. The minimum absolute atomic E-state index is 0.146. The number of nitrogens with one attached hydrogen (secondary N) is 2. The van der Waals surface area contributed by atoms with Gasteiger partial charge in [0.25, 0.3) is 5.91 Å². The molecule has 0 aliphatic carbocycles. The summed E-state index contributed by atoms with van der Waals surface area (Å²) in [5.74, 6) is -0.755. The van der Waals surface area contributed by atoms with E-state index in [1.807, 2.05) is 0 Å². The van der Waals surface area contributed by atoms with Gasteiger partial charge in [-0.15, -0.1) is 0 Å². The second-order valence-electron chi connectivity index (χ2n) is 4.32. The smallest absolute Gasteiger partial charge is 0.269 e. The third-order valence-corrected chi connectivity index (χ3v) is 3.17. The quantitative estimate of drug-likeness (QED) is 0.853. The Kier molecular flexibility index (Phi) is 5.20. The topological polar surface area (TPSA) is 58.2 Å². The maximum Gasteiger partial charge on any atom is 0.269 e. The number of amides is 2. The maximum atomic E-state index is 11.8. The van der Waals surface area contributed by atoms with Crippen LogP contribution in [0.25, 0.3) is 0 Å². The first-order valence-corrected chi connectivity index (χ1v) is 6.89. The molecule has 2 aromatic rings. The molecular formula is C15H12Cl2N2O2. The van der Waals surface area contributed by atoms with Crippen LogP contribution in [0.15, 0.2) is 48.5 Å². The van der Waals surface area contributed by atoms with Gasteiger partial charge < -0.3 is 0 Å². The number of hydrogen-bond donors (Lipinski definition) is 2. The molecule has 0 saturated carbocycles. The van der Waals surface area contributed by atoms with Crippen molar-refractivity contribution in [2.75, 3.05) is 0 Å². The maximum absolute atomic E-state index is 11.8. The predicted molar refractivity (Wildman–Crippen MR) is 82.2 cm³/mol. The summed E-state index contributed by atoms with van der Waals surface area (Å²) >= 11 is 11.6. The summed E-state index contributed by atoms with van der Waals surface area (Å²) in [6.45, 7) is 0. The van der Waals surface area contributed by atoms with Crippen LogP contribution in [0.1, 0.15) is 15.9 Å². The molecule has 2 amide bonds. The Morgan fingerprint density at radius 1 is 0.905 bits per heavy atom. The molecule has 0 radical (unpaired) electrons. The Bertz CT molecular complexity index is 657. The Hall–Kier alpha value is -2.04. The van der Waals surface area contributed by atoms with Crippen molar-refractivity contribution < 1.29 is 9.59 Å². The van der Waals surface area contributed by atoms with Crippen molar-refractivity contribution in [2.24, 2.45) is 0 Å². The molecule has 2 aromatic carbocycles. The number of carbonyl (C=O) groups is 2. The Morgan fingerprint density at radius 2 is 1.62 bits per heavy atom. The van der Waals surface area contributed by atoms with Crippen molar-refractivity contribution in [3.63, 3.8) is 0 Å². The largest absolute Gasteiger partial charge is 0.273 e. The number of rotatable bonds is 3. The van der Waals surface area contributed by atoms with Crippen LogP contribution in [-0.2, 0) is 11.2 Å². The van der Waals surface area contributed by atoms with Gasteiger partial charge in [-0.25, -0.2) is 0 Å². The van der Waals surface area contributed by atoms with Gasteiger partial charge in [0.05, 0.1) is 6.42 Å².